The molecule has 0 atom stereocenters. The van der Waals surface area contributed by atoms with Crippen LogP contribution in [-0.4, -0.2) is 61.4 Å². The van der Waals surface area contributed by atoms with Gasteiger partial charge in [-0.15, -0.1) is 0 Å². The molecule has 7 rings (SSSR count). The molecule has 274 valence electrons. The lowest BCUT2D eigenvalue weighted by Crippen LogP contribution is -2.34. The van der Waals surface area contributed by atoms with Crippen LogP contribution in [0, 0.1) is 0 Å². The zero-order valence-electron chi connectivity index (χ0n) is 30.7. The Morgan fingerprint density at radius 1 is 0.712 bits per heavy atom. The fraction of sp³-hybridized carbons (Fsp3) is 0.415. The topological polar surface area (TPSA) is 161 Å². The summed E-state index contributed by atoms with van der Waals surface area (Å²) in [4.78, 5) is 18.7. The van der Waals surface area contributed by atoms with Crippen molar-refractivity contribution in [1.82, 2.24) is 34.4 Å². The van der Waals surface area contributed by atoms with Crippen molar-refractivity contribution < 1.29 is 4.74 Å². The van der Waals surface area contributed by atoms with Crippen LogP contribution in [0.5, 0.6) is 0 Å². The van der Waals surface area contributed by atoms with Gasteiger partial charge in [0, 0.05) is 69.0 Å². The minimum atomic E-state index is 0.498. The predicted octanol–water partition coefficient (Wildman–Crippen LogP) is 6.86. The number of pyridine rings is 2. The molecule has 0 radical (unpaired) electrons. The lowest BCUT2D eigenvalue weighted by Gasteiger charge is -2.22. The Balaban J connectivity index is 0.000000183. The number of fused-ring (bicyclic) bond motifs is 6. The fourth-order valence-electron chi connectivity index (χ4n) is 6.93. The lowest BCUT2D eigenvalue weighted by atomic mass is 10.1. The van der Waals surface area contributed by atoms with Gasteiger partial charge in [0.15, 0.2) is 11.6 Å². The Labute approximate surface area is 306 Å². The molecule has 7 N–H and O–H groups in total. The lowest BCUT2D eigenvalue weighted by molar-refractivity contribution is 0.0789. The van der Waals surface area contributed by atoms with Crippen LogP contribution in [0.4, 0.5) is 11.6 Å². The van der Waals surface area contributed by atoms with E-state index in [4.69, 9.17) is 31.9 Å². The summed E-state index contributed by atoms with van der Waals surface area (Å²) in [6.45, 7) is 9.09. The number of aromatic nitrogens is 6. The summed E-state index contributed by atoms with van der Waals surface area (Å²) in [5, 5.41) is 5.81. The Morgan fingerprint density at radius 2 is 1.21 bits per heavy atom. The van der Waals surface area contributed by atoms with Gasteiger partial charge in [-0.1, -0.05) is 87.4 Å². The van der Waals surface area contributed by atoms with E-state index in [-0.39, 0.29) is 0 Å². The number of hydrogen-bond acceptors (Lipinski definition) is 9. The molecular weight excluding hydrogens is 649 g/mol. The van der Waals surface area contributed by atoms with Gasteiger partial charge < -0.3 is 36.4 Å². The quantitative estimate of drug-likeness (QED) is 0.0889. The number of nitrogen functional groups attached to an aromatic ring is 2. The number of anilines is 2. The van der Waals surface area contributed by atoms with Crippen molar-refractivity contribution in [2.75, 3.05) is 37.8 Å². The molecule has 5 heterocycles. The Hall–Kier alpha value is -4.84. The van der Waals surface area contributed by atoms with E-state index < -0.39 is 0 Å². The van der Waals surface area contributed by atoms with Gasteiger partial charge in [-0.3, -0.25) is 0 Å². The average Bonchev–Trinajstić information content (AvgIpc) is 3.73. The molecule has 0 aliphatic carbocycles. The maximum Gasteiger partial charge on any atom is 0.152 e. The van der Waals surface area contributed by atoms with E-state index in [9.17, 15) is 0 Å². The van der Waals surface area contributed by atoms with Gasteiger partial charge in [-0.25, -0.2) is 19.9 Å². The Kier molecular flexibility index (Phi) is 12.8. The molecule has 11 heteroatoms. The number of nitrogens with zero attached hydrogens (tertiary/aromatic N) is 6. The van der Waals surface area contributed by atoms with Gasteiger partial charge in [0.25, 0.3) is 0 Å². The average molecular weight is 703 g/mol. The minimum absolute atomic E-state index is 0.498. The molecule has 0 spiro atoms. The third kappa shape index (κ3) is 8.44. The van der Waals surface area contributed by atoms with Gasteiger partial charge in [0.1, 0.15) is 22.7 Å². The SMILES string of the molecule is CCCCc1nc2c(N)nc3ccccc3c2n1C/C=C\CN.CCCCc1nc2c(N)nc3ccccc3c2n1C/C=C\CNC1CCOCC1. The molecule has 0 amide bonds. The summed E-state index contributed by atoms with van der Waals surface area (Å²) in [7, 11) is 0. The number of benzene rings is 2. The van der Waals surface area contributed by atoms with Crippen LogP contribution >= 0.6 is 0 Å². The summed E-state index contributed by atoms with van der Waals surface area (Å²) in [6, 6.07) is 16.8. The van der Waals surface area contributed by atoms with E-state index >= 15 is 0 Å². The highest BCUT2D eigenvalue weighted by atomic mass is 16.5. The van der Waals surface area contributed by atoms with Crippen LogP contribution < -0.4 is 22.5 Å². The van der Waals surface area contributed by atoms with Crippen LogP contribution in [-0.2, 0) is 30.7 Å². The van der Waals surface area contributed by atoms with Crippen molar-refractivity contribution in [2.45, 2.75) is 84.3 Å². The van der Waals surface area contributed by atoms with E-state index in [1.54, 1.807) is 0 Å². The number of imidazole rings is 2. The molecule has 11 nitrogen and oxygen atoms in total. The maximum atomic E-state index is 6.27. The first-order valence-corrected chi connectivity index (χ1v) is 18.9. The predicted molar refractivity (Wildman–Crippen MR) is 215 cm³/mol. The highest BCUT2D eigenvalue weighted by Gasteiger charge is 2.18. The van der Waals surface area contributed by atoms with Crippen molar-refractivity contribution in [3.63, 3.8) is 0 Å². The van der Waals surface area contributed by atoms with Crippen LogP contribution in [0.2, 0.25) is 0 Å². The molecule has 1 aliphatic heterocycles. The highest BCUT2D eigenvalue weighted by molar-refractivity contribution is 6.07. The first kappa shape index (κ1) is 36.9. The molecule has 52 heavy (non-hydrogen) atoms. The largest absolute Gasteiger partial charge is 0.382 e. The second-order valence-corrected chi connectivity index (χ2v) is 13.4. The number of nitrogens with one attached hydrogen (secondary N) is 1. The highest BCUT2D eigenvalue weighted by Crippen LogP contribution is 2.30. The summed E-state index contributed by atoms with van der Waals surface area (Å²) in [5.41, 5.74) is 23.6. The van der Waals surface area contributed by atoms with Gasteiger partial charge in [0.05, 0.1) is 22.1 Å². The number of aryl methyl sites for hydroxylation is 2. The molecule has 0 bridgehead atoms. The number of para-hydroxylation sites is 2. The van der Waals surface area contributed by atoms with E-state index in [2.05, 4.69) is 74.7 Å². The molecule has 4 aromatic heterocycles. The first-order valence-electron chi connectivity index (χ1n) is 18.9. The van der Waals surface area contributed by atoms with E-state index in [1.807, 2.05) is 36.4 Å². The van der Waals surface area contributed by atoms with Gasteiger partial charge >= 0.3 is 0 Å². The summed E-state index contributed by atoms with van der Waals surface area (Å²) in [6.07, 6.45) is 17.1. The molecular formula is C41H54N10O. The fourth-order valence-corrected chi connectivity index (χ4v) is 6.93. The number of allylic oxidation sites excluding steroid dienone is 2. The zero-order valence-corrected chi connectivity index (χ0v) is 30.7. The molecule has 2 aromatic carbocycles. The van der Waals surface area contributed by atoms with Crippen LogP contribution in [0.25, 0.3) is 43.9 Å². The Bertz CT molecular complexity index is 2140. The van der Waals surface area contributed by atoms with Crippen molar-refractivity contribution >= 4 is 55.5 Å². The standard InChI is InChI=1S/C23H31N5O.C18H23N5/c1-2-3-10-20-27-21-22(18-8-4-5-9-19(18)26-23(21)24)28(20)14-7-6-13-25-17-11-15-29-16-12-17;1-2-3-10-15-22-16-17(23(15)12-7-6-11-19)13-8-4-5-9-14(13)21-18(16)20/h4-9,17,25H,2-3,10-16H2,1H3,(H2,24,26);4-9H,2-3,10-12,19H2,1H3,(H2,20,21)/b2*7-6-. The molecule has 1 saturated heterocycles. The van der Waals surface area contributed by atoms with Crippen molar-refractivity contribution in [1.29, 1.82) is 0 Å². The van der Waals surface area contributed by atoms with E-state index in [0.717, 1.165) is 140 Å². The number of rotatable bonds is 14. The zero-order chi connectivity index (χ0) is 36.3. The van der Waals surface area contributed by atoms with Crippen molar-refractivity contribution in [2.24, 2.45) is 5.73 Å². The van der Waals surface area contributed by atoms with Crippen molar-refractivity contribution in [3.05, 3.63) is 84.5 Å². The number of ether oxygens (including phenoxy) is 1. The molecule has 1 fully saturated rings. The normalized spacial score (nSPS) is 14.1. The minimum Gasteiger partial charge on any atom is -0.382 e. The molecule has 0 saturated carbocycles. The molecule has 0 unspecified atom stereocenters. The number of hydrogen-bond donors (Lipinski definition) is 4. The monoisotopic (exact) mass is 702 g/mol. The van der Waals surface area contributed by atoms with Gasteiger partial charge in [0.2, 0.25) is 0 Å². The number of unbranched alkanes of at least 4 members (excludes halogenated alkanes) is 2. The summed E-state index contributed by atoms with van der Waals surface area (Å²) < 4.78 is 9.99. The van der Waals surface area contributed by atoms with E-state index in [0.29, 0.717) is 24.2 Å². The van der Waals surface area contributed by atoms with Crippen LogP contribution in [0.1, 0.15) is 64.0 Å². The van der Waals surface area contributed by atoms with Gasteiger partial charge in [-0.05, 0) is 37.8 Å². The van der Waals surface area contributed by atoms with Crippen molar-refractivity contribution in [3.8, 4) is 0 Å². The molecule has 6 aromatic rings. The maximum absolute atomic E-state index is 6.27. The van der Waals surface area contributed by atoms with Gasteiger partial charge in [-0.2, -0.15) is 0 Å². The van der Waals surface area contributed by atoms with E-state index in [1.165, 1.54) is 0 Å². The smallest absolute Gasteiger partial charge is 0.152 e. The molecule has 1 aliphatic rings. The third-order valence-electron chi connectivity index (χ3n) is 9.68. The summed E-state index contributed by atoms with van der Waals surface area (Å²) >= 11 is 0. The Morgan fingerprint density at radius 3 is 1.71 bits per heavy atom. The first-order chi connectivity index (χ1) is 25.5. The third-order valence-corrected chi connectivity index (χ3v) is 9.68. The van der Waals surface area contributed by atoms with Crippen LogP contribution in [0.15, 0.2) is 72.8 Å². The second-order valence-electron chi connectivity index (χ2n) is 13.4. The van der Waals surface area contributed by atoms with Crippen LogP contribution in [0.3, 0.4) is 0 Å². The summed E-state index contributed by atoms with van der Waals surface area (Å²) in [5.74, 6) is 3.17. The number of nitrogens with two attached hydrogens (primary N) is 3. The second kappa shape index (κ2) is 18.1.